The Kier molecular flexibility index (Phi) is 5.07. The molecule has 2 heterocycles. The second-order valence-electron chi connectivity index (χ2n) is 6.82. The average molecular weight is 394 g/mol. The SMILES string of the molecule is COc1cc(OC)cc(C(=O)N2CCN(C(=O)c3ccc4nc[nH]c4c3)CC2)c1. The summed E-state index contributed by atoms with van der Waals surface area (Å²) in [6.07, 6.45) is 1.61. The summed E-state index contributed by atoms with van der Waals surface area (Å²) < 4.78 is 10.5. The van der Waals surface area contributed by atoms with E-state index >= 15 is 0 Å². The van der Waals surface area contributed by atoms with Crippen molar-refractivity contribution in [3.05, 3.63) is 53.9 Å². The average Bonchev–Trinajstić information content (AvgIpc) is 3.25. The maximum atomic E-state index is 12.9. The summed E-state index contributed by atoms with van der Waals surface area (Å²) in [7, 11) is 3.10. The molecule has 1 aliphatic heterocycles. The highest BCUT2D eigenvalue weighted by atomic mass is 16.5. The van der Waals surface area contributed by atoms with Crippen molar-refractivity contribution in [2.24, 2.45) is 0 Å². The lowest BCUT2D eigenvalue weighted by Crippen LogP contribution is -2.50. The number of hydrogen-bond donors (Lipinski definition) is 1. The van der Waals surface area contributed by atoms with Gasteiger partial charge in [-0.05, 0) is 30.3 Å². The molecule has 1 aliphatic rings. The fourth-order valence-electron chi connectivity index (χ4n) is 3.48. The van der Waals surface area contributed by atoms with E-state index in [9.17, 15) is 9.59 Å². The third-order valence-electron chi connectivity index (χ3n) is 5.12. The van der Waals surface area contributed by atoms with Crippen molar-refractivity contribution in [3.8, 4) is 11.5 Å². The van der Waals surface area contributed by atoms with Crippen LogP contribution in [0.1, 0.15) is 20.7 Å². The highest BCUT2D eigenvalue weighted by Crippen LogP contribution is 2.24. The summed E-state index contributed by atoms with van der Waals surface area (Å²) >= 11 is 0. The molecule has 3 aromatic rings. The van der Waals surface area contributed by atoms with Crippen molar-refractivity contribution in [1.29, 1.82) is 0 Å². The Balaban J connectivity index is 1.43. The molecule has 150 valence electrons. The first kappa shape index (κ1) is 18.8. The number of hydrogen-bond acceptors (Lipinski definition) is 5. The van der Waals surface area contributed by atoms with Gasteiger partial charge in [-0.1, -0.05) is 0 Å². The van der Waals surface area contributed by atoms with Gasteiger partial charge in [0.15, 0.2) is 0 Å². The van der Waals surface area contributed by atoms with Gasteiger partial charge in [0.05, 0.1) is 31.6 Å². The highest BCUT2D eigenvalue weighted by Gasteiger charge is 2.26. The number of ether oxygens (including phenoxy) is 2. The molecule has 0 saturated carbocycles. The molecule has 0 radical (unpaired) electrons. The molecule has 2 aromatic carbocycles. The number of imidazole rings is 1. The number of carbonyl (C=O) groups is 2. The number of aromatic nitrogens is 2. The Labute approximate surface area is 168 Å². The number of nitrogens with zero attached hydrogens (tertiary/aromatic N) is 3. The van der Waals surface area contributed by atoms with Crippen molar-refractivity contribution in [1.82, 2.24) is 19.8 Å². The Morgan fingerprint density at radius 3 is 2.03 bits per heavy atom. The number of aromatic amines is 1. The predicted octanol–water partition coefficient (Wildman–Crippen LogP) is 2.18. The summed E-state index contributed by atoms with van der Waals surface area (Å²) in [6.45, 7) is 1.90. The fourth-order valence-corrected chi connectivity index (χ4v) is 3.48. The summed E-state index contributed by atoms with van der Waals surface area (Å²) in [6, 6.07) is 10.5. The van der Waals surface area contributed by atoms with Crippen LogP contribution in [0.4, 0.5) is 0 Å². The molecule has 0 unspecified atom stereocenters. The molecule has 1 N–H and O–H groups in total. The minimum absolute atomic E-state index is 0.0448. The number of H-pyrrole nitrogens is 1. The van der Waals surface area contributed by atoms with Gasteiger partial charge in [-0.15, -0.1) is 0 Å². The summed E-state index contributed by atoms with van der Waals surface area (Å²) in [5.41, 5.74) is 2.77. The molecule has 1 saturated heterocycles. The number of carbonyl (C=O) groups excluding carboxylic acids is 2. The Morgan fingerprint density at radius 1 is 0.862 bits per heavy atom. The largest absolute Gasteiger partial charge is 0.497 e. The molecule has 0 atom stereocenters. The minimum Gasteiger partial charge on any atom is -0.497 e. The number of methoxy groups -OCH3 is 2. The van der Waals surface area contributed by atoms with Gasteiger partial charge >= 0.3 is 0 Å². The zero-order valence-corrected chi connectivity index (χ0v) is 16.3. The Bertz CT molecular complexity index is 1030. The first-order valence-electron chi connectivity index (χ1n) is 9.34. The van der Waals surface area contributed by atoms with Crippen LogP contribution < -0.4 is 9.47 Å². The second kappa shape index (κ2) is 7.83. The van der Waals surface area contributed by atoms with Crippen LogP contribution in [0.25, 0.3) is 11.0 Å². The summed E-state index contributed by atoms with van der Waals surface area (Å²) in [4.78, 5) is 36.4. The fraction of sp³-hybridized carbons (Fsp3) is 0.286. The number of amides is 2. The number of nitrogens with one attached hydrogen (secondary N) is 1. The molecular formula is C21H22N4O4. The van der Waals surface area contributed by atoms with E-state index < -0.39 is 0 Å². The van der Waals surface area contributed by atoms with Crippen LogP contribution in [0, 0.1) is 0 Å². The van der Waals surface area contributed by atoms with Gasteiger partial charge in [0.2, 0.25) is 0 Å². The molecule has 2 amide bonds. The number of benzene rings is 2. The lowest BCUT2D eigenvalue weighted by atomic mass is 10.1. The van der Waals surface area contributed by atoms with E-state index in [0.717, 1.165) is 11.0 Å². The lowest BCUT2D eigenvalue weighted by Gasteiger charge is -2.35. The standard InChI is InChI=1S/C21H22N4O4/c1-28-16-9-15(10-17(12-16)29-2)21(27)25-7-5-24(6-8-25)20(26)14-3-4-18-19(11-14)23-13-22-18/h3-4,9-13H,5-8H2,1-2H3,(H,22,23). The van der Waals surface area contributed by atoms with Gasteiger partial charge in [0.25, 0.3) is 11.8 Å². The summed E-state index contributed by atoms with van der Waals surface area (Å²) in [5, 5.41) is 0. The zero-order chi connectivity index (χ0) is 20.4. The van der Waals surface area contributed by atoms with Crippen molar-refractivity contribution >= 4 is 22.8 Å². The third kappa shape index (κ3) is 3.73. The van der Waals surface area contributed by atoms with Crippen LogP contribution in [0.3, 0.4) is 0 Å². The van der Waals surface area contributed by atoms with E-state index in [4.69, 9.17) is 9.47 Å². The topological polar surface area (TPSA) is 87.8 Å². The van der Waals surface area contributed by atoms with Crippen LogP contribution in [0.2, 0.25) is 0 Å². The van der Waals surface area contributed by atoms with Gasteiger partial charge in [-0.2, -0.15) is 0 Å². The van der Waals surface area contributed by atoms with Gasteiger partial charge in [-0.25, -0.2) is 4.98 Å². The van der Waals surface area contributed by atoms with Crippen LogP contribution in [0.5, 0.6) is 11.5 Å². The van der Waals surface area contributed by atoms with Crippen molar-refractivity contribution in [3.63, 3.8) is 0 Å². The first-order chi connectivity index (χ1) is 14.1. The molecule has 8 nitrogen and oxygen atoms in total. The van der Waals surface area contributed by atoms with E-state index in [0.29, 0.717) is 48.8 Å². The molecule has 29 heavy (non-hydrogen) atoms. The number of fused-ring (bicyclic) bond motifs is 1. The van der Waals surface area contributed by atoms with Crippen molar-refractivity contribution in [2.45, 2.75) is 0 Å². The van der Waals surface area contributed by atoms with Gasteiger partial charge in [-0.3, -0.25) is 9.59 Å². The van der Waals surface area contributed by atoms with Crippen LogP contribution in [0.15, 0.2) is 42.7 Å². The molecule has 0 aliphatic carbocycles. The van der Waals surface area contributed by atoms with E-state index in [2.05, 4.69) is 9.97 Å². The quantitative estimate of drug-likeness (QED) is 0.733. The minimum atomic E-state index is -0.104. The third-order valence-corrected chi connectivity index (χ3v) is 5.12. The predicted molar refractivity (Wildman–Crippen MR) is 107 cm³/mol. The molecule has 0 bridgehead atoms. The lowest BCUT2D eigenvalue weighted by molar-refractivity contribution is 0.0535. The van der Waals surface area contributed by atoms with E-state index in [1.165, 1.54) is 0 Å². The monoisotopic (exact) mass is 394 g/mol. The van der Waals surface area contributed by atoms with Crippen molar-refractivity contribution in [2.75, 3.05) is 40.4 Å². The first-order valence-corrected chi connectivity index (χ1v) is 9.34. The van der Waals surface area contributed by atoms with Crippen molar-refractivity contribution < 1.29 is 19.1 Å². The van der Waals surface area contributed by atoms with Crippen LogP contribution in [-0.4, -0.2) is 72.0 Å². The van der Waals surface area contributed by atoms with Crippen LogP contribution >= 0.6 is 0 Å². The normalized spacial score (nSPS) is 14.1. The second-order valence-corrected chi connectivity index (χ2v) is 6.82. The summed E-state index contributed by atoms with van der Waals surface area (Å²) in [5.74, 6) is 0.983. The van der Waals surface area contributed by atoms with Gasteiger partial charge in [0, 0.05) is 43.4 Å². The molecule has 0 spiro atoms. The number of rotatable bonds is 4. The van der Waals surface area contributed by atoms with E-state index in [-0.39, 0.29) is 11.8 Å². The maximum Gasteiger partial charge on any atom is 0.254 e. The highest BCUT2D eigenvalue weighted by molar-refractivity contribution is 5.98. The van der Waals surface area contributed by atoms with Gasteiger partial charge in [0.1, 0.15) is 11.5 Å². The smallest absolute Gasteiger partial charge is 0.254 e. The molecule has 4 rings (SSSR count). The van der Waals surface area contributed by atoms with Crippen LogP contribution in [-0.2, 0) is 0 Å². The van der Waals surface area contributed by atoms with E-state index in [1.54, 1.807) is 54.6 Å². The number of piperazine rings is 1. The molecule has 1 aromatic heterocycles. The molecule has 1 fully saturated rings. The zero-order valence-electron chi connectivity index (χ0n) is 16.3. The van der Waals surface area contributed by atoms with Gasteiger partial charge < -0.3 is 24.3 Å². The Morgan fingerprint density at radius 2 is 1.45 bits per heavy atom. The maximum absolute atomic E-state index is 12.9. The molecular weight excluding hydrogens is 372 g/mol. The van der Waals surface area contributed by atoms with E-state index in [1.807, 2.05) is 12.1 Å². The Hall–Kier alpha value is -3.55. The molecule has 8 heteroatoms.